The van der Waals surface area contributed by atoms with Gasteiger partial charge in [-0.05, 0) is 54.3 Å². The molecule has 4 aromatic carbocycles. The first kappa shape index (κ1) is 29.9. The highest BCUT2D eigenvalue weighted by Gasteiger charge is 2.67. The molecule has 42 heavy (non-hydrogen) atoms. The molecule has 0 amide bonds. The Kier molecular flexibility index (Phi) is 8.79. The predicted octanol–water partition coefficient (Wildman–Crippen LogP) is 7.94. The first-order valence-corrected chi connectivity index (χ1v) is 15.3. The minimum Gasteiger partial charge on any atom is -0.465 e. The fraction of sp³-hybridized carbons (Fsp3) is 0.229. The Morgan fingerprint density at radius 3 is 2.02 bits per heavy atom. The molecule has 0 bridgehead atoms. The van der Waals surface area contributed by atoms with Crippen LogP contribution in [0.15, 0.2) is 118 Å². The first-order valence-electron chi connectivity index (χ1n) is 13.7. The van der Waals surface area contributed by atoms with Gasteiger partial charge in [-0.25, -0.2) is 0 Å². The van der Waals surface area contributed by atoms with Gasteiger partial charge < -0.3 is 9.84 Å². The highest BCUT2D eigenvalue weighted by Crippen LogP contribution is 2.64. The molecular formula is C35H29Br2NO4. The van der Waals surface area contributed by atoms with Gasteiger partial charge in [-0.3, -0.25) is 9.59 Å². The summed E-state index contributed by atoms with van der Waals surface area (Å²) < 4.78 is 7.15. The molecule has 1 N–H and O–H groups in total. The van der Waals surface area contributed by atoms with Crippen molar-refractivity contribution in [2.75, 3.05) is 6.61 Å². The molecule has 0 radical (unpaired) electrons. The highest BCUT2D eigenvalue weighted by molar-refractivity contribution is 9.10. The molecule has 0 saturated heterocycles. The van der Waals surface area contributed by atoms with Crippen LogP contribution in [0.4, 0.5) is 0 Å². The number of ketones is 1. The van der Waals surface area contributed by atoms with E-state index in [0.29, 0.717) is 22.3 Å². The molecule has 5 nitrogen and oxygen atoms in total. The molecule has 4 aromatic rings. The number of rotatable bonds is 7. The van der Waals surface area contributed by atoms with E-state index in [1.165, 1.54) is 0 Å². The number of carbonyl (C=O) groups is 2. The van der Waals surface area contributed by atoms with Gasteiger partial charge in [0.2, 0.25) is 0 Å². The van der Waals surface area contributed by atoms with Crippen molar-refractivity contribution < 1.29 is 19.4 Å². The standard InChI is InChI=1S/C35H29Br2NO4/c1-2-42-33(40)34(22-38)29(24-13-9-17-27(36)19-24)21-35(41,26-15-7-4-8-16-26)31(32(39)23-11-5-3-6-12-23)30(34)25-14-10-18-28(37)20-25/h3-20,29-31,41H,2,21H2,1H3/t29-,30-,31-,34+,35-/m0/s1. The average Bonchev–Trinajstić information content (AvgIpc) is 3.01. The van der Waals surface area contributed by atoms with Crippen LogP contribution in [0, 0.1) is 22.7 Å². The lowest BCUT2D eigenvalue weighted by Crippen LogP contribution is -2.59. The van der Waals surface area contributed by atoms with E-state index in [2.05, 4.69) is 37.9 Å². The molecule has 212 valence electrons. The Hall–Kier alpha value is -3.57. The predicted molar refractivity (Wildman–Crippen MR) is 168 cm³/mol. The van der Waals surface area contributed by atoms with Gasteiger partial charge in [0, 0.05) is 26.3 Å². The van der Waals surface area contributed by atoms with Crippen molar-refractivity contribution in [1.82, 2.24) is 0 Å². The highest BCUT2D eigenvalue weighted by atomic mass is 79.9. The zero-order valence-corrected chi connectivity index (χ0v) is 26.1. The summed E-state index contributed by atoms with van der Waals surface area (Å²) in [6, 6.07) is 34.9. The van der Waals surface area contributed by atoms with E-state index >= 15 is 0 Å². The van der Waals surface area contributed by atoms with E-state index in [9.17, 15) is 20.0 Å². The Balaban J connectivity index is 1.91. The van der Waals surface area contributed by atoms with Crippen molar-refractivity contribution in [1.29, 1.82) is 5.26 Å². The molecule has 0 spiro atoms. The SMILES string of the molecule is CCOC(=O)[C@]1(C#N)[C@H](c2cccc(Br)c2)C[C@](O)(c2ccccc2)[C@H](C(=O)c2ccccc2)[C@@H]1c1cccc(Br)c1. The van der Waals surface area contributed by atoms with Crippen LogP contribution >= 0.6 is 31.9 Å². The molecule has 0 heterocycles. The minimum atomic E-state index is -1.85. The summed E-state index contributed by atoms with van der Waals surface area (Å²) in [7, 11) is 0. The van der Waals surface area contributed by atoms with Crippen molar-refractivity contribution >= 4 is 43.6 Å². The summed E-state index contributed by atoms with van der Waals surface area (Å²) in [6.07, 6.45) is -0.0619. The van der Waals surface area contributed by atoms with Crippen molar-refractivity contribution in [2.24, 2.45) is 11.3 Å². The van der Waals surface area contributed by atoms with Gasteiger partial charge in [0.25, 0.3) is 0 Å². The summed E-state index contributed by atoms with van der Waals surface area (Å²) in [5.74, 6) is -4.18. The number of aliphatic hydroxyl groups is 1. The van der Waals surface area contributed by atoms with Crippen LogP contribution < -0.4 is 0 Å². The number of Topliss-reactive ketones (excluding diaryl/α,β-unsaturated/α-hetero) is 1. The Bertz CT molecular complexity index is 1640. The maximum atomic E-state index is 14.7. The molecular weight excluding hydrogens is 658 g/mol. The summed E-state index contributed by atoms with van der Waals surface area (Å²) in [6.45, 7) is 1.75. The molecule has 7 heteroatoms. The van der Waals surface area contributed by atoms with Gasteiger partial charge in [-0.2, -0.15) is 5.26 Å². The third-order valence-electron chi connectivity index (χ3n) is 8.27. The van der Waals surface area contributed by atoms with Crippen LogP contribution in [0.2, 0.25) is 0 Å². The zero-order chi connectivity index (χ0) is 29.9. The number of nitriles is 1. The number of hydrogen-bond acceptors (Lipinski definition) is 5. The van der Waals surface area contributed by atoms with E-state index in [1.807, 2.05) is 60.7 Å². The van der Waals surface area contributed by atoms with Gasteiger partial charge in [0.05, 0.1) is 18.6 Å². The summed E-state index contributed by atoms with van der Waals surface area (Å²) in [5, 5.41) is 24.2. The number of nitrogens with zero attached hydrogens (tertiary/aromatic N) is 1. The second-order valence-corrected chi connectivity index (χ2v) is 12.4. The number of carbonyl (C=O) groups excluding carboxylic acids is 2. The second kappa shape index (κ2) is 12.3. The van der Waals surface area contributed by atoms with Crippen molar-refractivity contribution in [3.8, 4) is 6.07 Å². The normalized spacial score (nSPS) is 25.3. The minimum absolute atomic E-state index is 0.0545. The molecule has 1 aliphatic carbocycles. The van der Waals surface area contributed by atoms with E-state index in [1.54, 1.807) is 55.5 Å². The van der Waals surface area contributed by atoms with Crippen LogP contribution in [0.1, 0.15) is 52.2 Å². The Morgan fingerprint density at radius 1 is 0.881 bits per heavy atom. The van der Waals surface area contributed by atoms with Gasteiger partial charge in [0.15, 0.2) is 11.2 Å². The van der Waals surface area contributed by atoms with Crippen LogP contribution in [0.25, 0.3) is 0 Å². The number of hydrogen-bond donors (Lipinski definition) is 1. The van der Waals surface area contributed by atoms with Gasteiger partial charge in [-0.1, -0.05) is 117 Å². The van der Waals surface area contributed by atoms with E-state index in [4.69, 9.17) is 4.74 Å². The first-order chi connectivity index (χ1) is 20.3. The topological polar surface area (TPSA) is 87.4 Å². The smallest absolute Gasteiger partial charge is 0.327 e. The summed E-state index contributed by atoms with van der Waals surface area (Å²) >= 11 is 7.09. The number of ether oxygens (including phenoxy) is 1. The third-order valence-corrected chi connectivity index (χ3v) is 9.26. The van der Waals surface area contributed by atoms with Crippen molar-refractivity contribution in [2.45, 2.75) is 30.8 Å². The molecule has 0 aromatic heterocycles. The zero-order valence-electron chi connectivity index (χ0n) is 22.9. The van der Waals surface area contributed by atoms with E-state index < -0.39 is 34.7 Å². The summed E-state index contributed by atoms with van der Waals surface area (Å²) in [4.78, 5) is 29.0. The van der Waals surface area contributed by atoms with Crippen LogP contribution in [-0.4, -0.2) is 23.5 Å². The van der Waals surface area contributed by atoms with Gasteiger partial charge in [0.1, 0.15) is 5.60 Å². The fourth-order valence-corrected chi connectivity index (χ4v) is 7.34. The van der Waals surface area contributed by atoms with Crippen molar-refractivity contribution in [3.63, 3.8) is 0 Å². The van der Waals surface area contributed by atoms with Crippen LogP contribution in [0.3, 0.4) is 0 Å². The van der Waals surface area contributed by atoms with Gasteiger partial charge in [-0.15, -0.1) is 0 Å². The maximum Gasteiger partial charge on any atom is 0.327 e. The lowest BCUT2D eigenvalue weighted by Gasteiger charge is -2.54. The van der Waals surface area contributed by atoms with E-state index in [0.717, 1.165) is 8.95 Å². The quantitative estimate of drug-likeness (QED) is 0.158. The maximum absolute atomic E-state index is 14.7. The summed E-state index contributed by atoms with van der Waals surface area (Å²) in [5.41, 5.74) is -1.43. The molecule has 1 saturated carbocycles. The lowest BCUT2D eigenvalue weighted by atomic mass is 9.47. The Labute approximate surface area is 262 Å². The molecule has 1 fully saturated rings. The second-order valence-electron chi connectivity index (χ2n) is 10.5. The average molecular weight is 687 g/mol. The van der Waals surface area contributed by atoms with E-state index in [-0.39, 0.29) is 18.8 Å². The Morgan fingerprint density at radius 2 is 1.45 bits per heavy atom. The third kappa shape index (κ3) is 5.24. The van der Waals surface area contributed by atoms with Crippen LogP contribution in [-0.2, 0) is 15.1 Å². The number of halogens is 2. The number of esters is 1. The monoisotopic (exact) mass is 685 g/mol. The molecule has 0 unspecified atom stereocenters. The largest absolute Gasteiger partial charge is 0.465 e. The molecule has 5 rings (SSSR count). The fourth-order valence-electron chi connectivity index (χ4n) is 6.50. The number of benzene rings is 4. The van der Waals surface area contributed by atoms with Gasteiger partial charge >= 0.3 is 5.97 Å². The lowest BCUT2D eigenvalue weighted by molar-refractivity contribution is -0.164. The van der Waals surface area contributed by atoms with Crippen LogP contribution in [0.5, 0.6) is 0 Å². The van der Waals surface area contributed by atoms with Crippen molar-refractivity contribution in [3.05, 3.63) is 140 Å². The molecule has 1 aliphatic rings. The molecule has 5 atom stereocenters. The molecule has 0 aliphatic heterocycles.